The summed E-state index contributed by atoms with van der Waals surface area (Å²) in [6.07, 6.45) is 1.85. The minimum absolute atomic E-state index is 0.0753. The van der Waals surface area contributed by atoms with Gasteiger partial charge in [0.05, 0.1) is 7.11 Å². The molecule has 2 aromatic carbocycles. The predicted octanol–water partition coefficient (Wildman–Crippen LogP) is 4.25. The number of methoxy groups -OCH3 is 1. The molecule has 0 bridgehead atoms. The fourth-order valence-corrected chi connectivity index (χ4v) is 3.46. The van der Waals surface area contributed by atoms with E-state index in [9.17, 15) is 4.79 Å². The number of carbonyl (C=O) groups excluding carboxylic acids is 1. The molecule has 1 aromatic heterocycles. The summed E-state index contributed by atoms with van der Waals surface area (Å²) in [4.78, 5) is 15.2. The van der Waals surface area contributed by atoms with Gasteiger partial charge in [0.15, 0.2) is 0 Å². The number of rotatable bonds is 3. The molecule has 132 valence electrons. The summed E-state index contributed by atoms with van der Waals surface area (Å²) in [7, 11) is 1.65. The first kappa shape index (κ1) is 16.4. The summed E-state index contributed by atoms with van der Waals surface area (Å²) in [5.41, 5.74) is 4.05. The largest absolute Gasteiger partial charge is 0.497 e. The van der Waals surface area contributed by atoms with Gasteiger partial charge in [0, 0.05) is 17.8 Å². The number of benzene rings is 2. The summed E-state index contributed by atoms with van der Waals surface area (Å²) in [5.74, 6) is 1.27. The molecule has 3 aromatic rings. The monoisotopic (exact) mass is 348 g/mol. The Hall–Kier alpha value is -3.08. The third-order valence-electron chi connectivity index (χ3n) is 4.77. The van der Waals surface area contributed by atoms with Crippen LogP contribution < -0.4 is 9.64 Å². The van der Waals surface area contributed by atoms with Gasteiger partial charge in [-0.1, -0.05) is 35.5 Å². The Morgan fingerprint density at radius 3 is 2.77 bits per heavy atom. The lowest BCUT2D eigenvalue weighted by molar-refractivity contribution is 0.0984. The molecule has 0 spiro atoms. The number of hydrogen-bond acceptors (Lipinski definition) is 4. The number of aryl methyl sites for hydroxylation is 2. The smallest absolute Gasteiger partial charge is 0.264 e. The average Bonchev–Trinajstić information content (AvgIpc) is 3.08. The first-order valence-corrected chi connectivity index (χ1v) is 8.69. The van der Waals surface area contributed by atoms with Crippen molar-refractivity contribution < 1.29 is 14.1 Å². The fourth-order valence-electron chi connectivity index (χ4n) is 3.46. The van der Waals surface area contributed by atoms with Gasteiger partial charge in [-0.05, 0) is 43.5 Å². The highest BCUT2D eigenvalue weighted by atomic mass is 16.5. The standard InChI is InChI=1S/C21H20N2O3/c1-14-19(20(22-26-14)15-7-4-3-5-8-15)21(24)23-12-6-9-16-13-17(25-2)10-11-18(16)23/h3-5,7-8,10-11,13H,6,9,12H2,1-2H3. The van der Waals surface area contributed by atoms with Crippen LogP contribution in [0.25, 0.3) is 11.3 Å². The maximum absolute atomic E-state index is 13.4. The van der Waals surface area contributed by atoms with E-state index in [2.05, 4.69) is 5.16 Å². The quantitative estimate of drug-likeness (QED) is 0.710. The van der Waals surface area contributed by atoms with Crippen LogP contribution in [0.3, 0.4) is 0 Å². The summed E-state index contributed by atoms with van der Waals surface area (Å²) in [6.45, 7) is 2.46. The van der Waals surface area contributed by atoms with Crippen molar-refractivity contribution in [3.8, 4) is 17.0 Å². The van der Waals surface area contributed by atoms with E-state index in [0.29, 0.717) is 23.6 Å². The van der Waals surface area contributed by atoms with Crippen molar-refractivity contribution in [3.05, 3.63) is 65.4 Å². The van der Waals surface area contributed by atoms with E-state index in [1.807, 2.05) is 53.4 Å². The second-order valence-corrected chi connectivity index (χ2v) is 6.38. The van der Waals surface area contributed by atoms with Gasteiger partial charge in [-0.3, -0.25) is 4.79 Å². The van der Waals surface area contributed by atoms with E-state index < -0.39 is 0 Å². The summed E-state index contributed by atoms with van der Waals surface area (Å²) in [6, 6.07) is 15.5. The zero-order valence-electron chi connectivity index (χ0n) is 14.9. The summed E-state index contributed by atoms with van der Waals surface area (Å²) >= 11 is 0. The van der Waals surface area contributed by atoms with Crippen molar-refractivity contribution in [2.45, 2.75) is 19.8 Å². The van der Waals surface area contributed by atoms with E-state index in [1.165, 1.54) is 0 Å². The number of carbonyl (C=O) groups is 1. The number of ether oxygens (including phenoxy) is 1. The topological polar surface area (TPSA) is 55.6 Å². The molecule has 0 radical (unpaired) electrons. The van der Waals surface area contributed by atoms with Crippen LogP contribution >= 0.6 is 0 Å². The van der Waals surface area contributed by atoms with Crippen molar-refractivity contribution in [2.24, 2.45) is 0 Å². The SMILES string of the molecule is COc1ccc2c(c1)CCCN2C(=O)c1c(-c2ccccc2)noc1C. The first-order chi connectivity index (χ1) is 12.7. The molecule has 2 heterocycles. The van der Waals surface area contributed by atoms with Crippen molar-refractivity contribution in [1.29, 1.82) is 0 Å². The molecule has 0 saturated carbocycles. The first-order valence-electron chi connectivity index (χ1n) is 8.69. The van der Waals surface area contributed by atoms with E-state index in [4.69, 9.17) is 9.26 Å². The Bertz CT molecular complexity index is 947. The molecule has 0 N–H and O–H groups in total. The Morgan fingerprint density at radius 1 is 1.19 bits per heavy atom. The maximum atomic E-state index is 13.4. The van der Waals surface area contributed by atoms with Gasteiger partial charge < -0.3 is 14.2 Å². The summed E-state index contributed by atoms with van der Waals surface area (Å²) < 4.78 is 10.7. The number of amides is 1. The Morgan fingerprint density at radius 2 is 2.00 bits per heavy atom. The molecule has 0 saturated heterocycles. The molecule has 4 rings (SSSR count). The lowest BCUT2D eigenvalue weighted by Gasteiger charge is -2.29. The Balaban J connectivity index is 1.76. The summed E-state index contributed by atoms with van der Waals surface area (Å²) in [5, 5.41) is 4.14. The highest BCUT2D eigenvalue weighted by Gasteiger charge is 2.29. The molecule has 1 amide bonds. The normalized spacial score (nSPS) is 13.4. The van der Waals surface area contributed by atoms with Crippen molar-refractivity contribution >= 4 is 11.6 Å². The molecule has 0 atom stereocenters. The molecular weight excluding hydrogens is 328 g/mol. The van der Waals surface area contributed by atoms with Crippen LogP contribution in [0.4, 0.5) is 5.69 Å². The van der Waals surface area contributed by atoms with Crippen molar-refractivity contribution in [1.82, 2.24) is 5.16 Å². The molecule has 1 aliphatic rings. The van der Waals surface area contributed by atoms with Crippen LogP contribution in [0.1, 0.15) is 28.1 Å². The number of anilines is 1. The van der Waals surface area contributed by atoms with Crippen LogP contribution in [-0.4, -0.2) is 24.7 Å². The zero-order chi connectivity index (χ0) is 18.1. The lowest BCUT2D eigenvalue weighted by Crippen LogP contribution is -2.35. The molecule has 0 unspecified atom stereocenters. The van der Waals surface area contributed by atoms with Crippen molar-refractivity contribution in [3.63, 3.8) is 0 Å². The molecule has 0 fully saturated rings. The van der Waals surface area contributed by atoms with Crippen LogP contribution in [0.5, 0.6) is 5.75 Å². The number of fused-ring (bicyclic) bond motifs is 1. The van der Waals surface area contributed by atoms with Crippen LogP contribution in [0.2, 0.25) is 0 Å². The van der Waals surface area contributed by atoms with E-state index >= 15 is 0 Å². The van der Waals surface area contributed by atoms with E-state index in [-0.39, 0.29) is 5.91 Å². The molecule has 5 nitrogen and oxygen atoms in total. The maximum Gasteiger partial charge on any atom is 0.264 e. The second-order valence-electron chi connectivity index (χ2n) is 6.38. The van der Waals surface area contributed by atoms with Gasteiger partial charge in [0.2, 0.25) is 0 Å². The van der Waals surface area contributed by atoms with E-state index in [1.54, 1.807) is 14.0 Å². The third kappa shape index (κ3) is 2.75. The molecule has 5 heteroatoms. The van der Waals surface area contributed by atoms with E-state index in [0.717, 1.165) is 35.4 Å². The minimum Gasteiger partial charge on any atom is -0.497 e. The van der Waals surface area contributed by atoms with Crippen LogP contribution in [0.15, 0.2) is 53.1 Å². The average molecular weight is 348 g/mol. The highest BCUT2D eigenvalue weighted by Crippen LogP contribution is 2.34. The zero-order valence-corrected chi connectivity index (χ0v) is 14.9. The molecular formula is C21H20N2O3. The lowest BCUT2D eigenvalue weighted by atomic mass is 9.99. The van der Waals surface area contributed by atoms with Crippen molar-refractivity contribution in [2.75, 3.05) is 18.6 Å². The van der Waals surface area contributed by atoms with Gasteiger partial charge in [-0.15, -0.1) is 0 Å². The fraction of sp³-hybridized carbons (Fsp3) is 0.238. The molecule has 26 heavy (non-hydrogen) atoms. The number of aromatic nitrogens is 1. The minimum atomic E-state index is -0.0753. The van der Waals surface area contributed by atoms with Gasteiger partial charge in [-0.2, -0.15) is 0 Å². The van der Waals surface area contributed by atoms with Crippen LogP contribution in [-0.2, 0) is 6.42 Å². The number of nitrogens with zero attached hydrogens (tertiary/aromatic N) is 2. The van der Waals surface area contributed by atoms with Gasteiger partial charge in [0.25, 0.3) is 5.91 Å². The molecule has 1 aliphatic heterocycles. The van der Waals surface area contributed by atoms with Gasteiger partial charge in [-0.25, -0.2) is 0 Å². The Labute approximate surface area is 152 Å². The van der Waals surface area contributed by atoms with Gasteiger partial charge >= 0.3 is 0 Å². The highest BCUT2D eigenvalue weighted by molar-refractivity contribution is 6.10. The Kier molecular flexibility index (Phi) is 4.21. The predicted molar refractivity (Wildman–Crippen MR) is 99.7 cm³/mol. The van der Waals surface area contributed by atoms with Gasteiger partial charge in [0.1, 0.15) is 22.8 Å². The van der Waals surface area contributed by atoms with Crippen LogP contribution in [0, 0.1) is 6.92 Å². The third-order valence-corrected chi connectivity index (χ3v) is 4.77. The molecule has 0 aliphatic carbocycles. The number of hydrogen-bond donors (Lipinski definition) is 0. The second kappa shape index (κ2) is 6.67.